The molecule has 4 rings (SSSR count). The number of benzene rings is 2. The lowest BCUT2D eigenvalue weighted by molar-refractivity contribution is 0.0775. The molecule has 0 fully saturated rings. The van der Waals surface area contributed by atoms with Crippen molar-refractivity contribution in [2.75, 3.05) is 25.0 Å². The van der Waals surface area contributed by atoms with Gasteiger partial charge in [-0.3, -0.25) is 9.52 Å². The van der Waals surface area contributed by atoms with Crippen molar-refractivity contribution in [1.29, 1.82) is 0 Å². The molecule has 2 aromatic carbocycles. The van der Waals surface area contributed by atoms with Crippen LogP contribution < -0.4 is 14.2 Å². The zero-order chi connectivity index (χ0) is 21.8. The van der Waals surface area contributed by atoms with Crippen LogP contribution in [0, 0.1) is 0 Å². The summed E-state index contributed by atoms with van der Waals surface area (Å²) in [6.07, 6.45) is 2.27. The minimum atomic E-state index is -3.89. The first kappa shape index (κ1) is 20.8. The molecule has 0 bridgehead atoms. The van der Waals surface area contributed by atoms with Crippen molar-refractivity contribution in [3.8, 4) is 11.5 Å². The summed E-state index contributed by atoms with van der Waals surface area (Å²) in [5.41, 5.74) is 0.636. The minimum Gasteiger partial charge on any atom is -0.490 e. The first-order valence-electron chi connectivity index (χ1n) is 9.73. The molecule has 0 atom stereocenters. The Morgan fingerprint density at radius 1 is 1.03 bits per heavy atom. The van der Waals surface area contributed by atoms with Gasteiger partial charge in [0.2, 0.25) is 0 Å². The van der Waals surface area contributed by atoms with Crippen LogP contribution in [-0.4, -0.2) is 39.5 Å². The Kier molecular flexibility index (Phi) is 5.85. The highest BCUT2D eigenvalue weighted by Gasteiger charge is 2.20. The number of carbonyl (C=O) groups is 1. The predicted octanol–water partition coefficient (Wildman–Crippen LogP) is 3.51. The summed E-state index contributed by atoms with van der Waals surface area (Å²) in [7, 11) is -2.24. The number of hydrogen-bond acceptors (Lipinski definition) is 6. The predicted molar refractivity (Wildman–Crippen MR) is 114 cm³/mol. The molecule has 0 spiro atoms. The molecule has 0 unspecified atom stereocenters. The molecule has 0 saturated carbocycles. The number of rotatable bonds is 6. The second-order valence-corrected chi connectivity index (χ2v) is 8.77. The first-order valence-corrected chi connectivity index (χ1v) is 11.2. The second-order valence-electron chi connectivity index (χ2n) is 7.09. The van der Waals surface area contributed by atoms with Gasteiger partial charge in [-0.15, -0.1) is 0 Å². The van der Waals surface area contributed by atoms with Crippen molar-refractivity contribution in [3.63, 3.8) is 0 Å². The molecule has 1 aliphatic heterocycles. The van der Waals surface area contributed by atoms with Crippen LogP contribution in [0.3, 0.4) is 0 Å². The third-order valence-corrected chi connectivity index (χ3v) is 6.09. The number of furan rings is 1. The van der Waals surface area contributed by atoms with Gasteiger partial charge in [-0.25, -0.2) is 8.42 Å². The van der Waals surface area contributed by atoms with E-state index in [-0.39, 0.29) is 16.5 Å². The van der Waals surface area contributed by atoms with Crippen LogP contribution in [0.25, 0.3) is 0 Å². The second kappa shape index (κ2) is 8.73. The van der Waals surface area contributed by atoms with Gasteiger partial charge in [-0.2, -0.15) is 0 Å². The molecule has 0 radical (unpaired) electrons. The molecular weight excluding hydrogens is 420 g/mol. The van der Waals surface area contributed by atoms with Crippen molar-refractivity contribution in [3.05, 3.63) is 72.2 Å². The smallest absolute Gasteiger partial charge is 0.262 e. The molecule has 1 amide bonds. The van der Waals surface area contributed by atoms with Crippen LogP contribution in [0.4, 0.5) is 5.69 Å². The molecule has 162 valence electrons. The number of ether oxygens (including phenoxy) is 2. The first-order chi connectivity index (χ1) is 14.9. The summed E-state index contributed by atoms with van der Waals surface area (Å²) in [6, 6.07) is 14.4. The lowest BCUT2D eigenvalue weighted by Crippen LogP contribution is -2.26. The fourth-order valence-corrected chi connectivity index (χ4v) is 4.23. The van der Waals surface area contributed by atoms with Gasteiger partial charge in [0, 0.05) is 30.8 Å². The lowest BCUT2D eigenvalue weighted by atomic mass is 10.2. The van der Waals surface area contributed by atoms with Crippen LogP contribution in [0.5, 0.6) is 11.5 Å². The number of sulfonamides is 1. The van der Waals surface area contributed by atoms with E-state index < -0.39 is 10.0 Å². The molecule has 31 heavy (non-hydrogen) atoms. The van der Waals surface area contributed by atoms with Gasteiger partial charge in [-0.05, 0) is 42.5 Å². The van der Waals surface area contributed by atoms with E-state index in [9.17, 15) is 13.2 Å². The van der Waals surface area contributed by atoms with Crippen molar-refractivity contribution < 1.29 is 27.1 Å². The standard InChI is InChI=1S/C22H22N2O6S/c1-24(15-18-7-3-10-28-18)22(25)16-5-2-6-17(13-16)23-31(26,27)19-8-9-20-21(14-19)30-12-4-11-29-20/h2-3,5-10,13-14,23H,4,11-12,15H2,1H3. The molecule has 3 aromatic rings. The monoisotopic (exact) mass is 442 g/mol. The molecule has 8 nitrogen and oxygen atoms in total. The molecule has 2 heterocycles. The van der Waals surface area contributed by atoms with Crippen LogP contribution in [0.2, 0.25) is 0 Å². The van der Waals surface area contributed by atoms with Crippen molar-refractivity contribution in [1.82, 2.24) is 4.90 Å². The van der Waals surface area contributed by atoms with E-state index in [0.29, 0.717) is 42.6 Å². The van der Waals surface area contributed by atoms with E-state index in [0.717, 1.165) is 6.42 Å². The van der Waals surface area contributed by atoms with E-state index in [4.69, 9.17) is 13.9 Å². The Morgan fingerprint density at radius 2 is 1.84 bits per heavy atom. The molecule has 1 aliphatic rings. The van der Waals surface area contributed by atoms with Crippen molar-refractivity contribution in [2.24, 2.45) is 0 Å². The molecule has 1 N–H and O–H groups in total. The zero-order valence-electron chi connectivity index (χ0n) is 16.9. The summed E-state index contributed by atoms with van der Waals surface area (Å²) >= 11 is 0. The van der Waals surface area contributed by atoms with Crippen LogP contribution >= 0.6 is 0 Å². The maximum atomic E-state index is 12.9. The van der Waals surface area contributed by atoms with Crippen LogP contribution in [0.15, 0.2) is 70.2 Å². The Bertz CT molecular complexity index is 1170. The number of fused-ring (bicyclic) bond motifs is 1. The SMILES string of the molecule is CN(Cc1ccco1)C(=O)c1cccc(NS(=O)(=O)c2ccc3c(c2)OCCCO3)c1. The van der Waals surface area contributed by atoms with Gasteiger partial charge >= 0.3 is 0 Å². The van der Waals surface area contributed by atoms with E-state index >= 15 is 0 Å². The molecular formula is C22H22N2O6S. The Labute approximate surface area is 180 Å². The largest absolute Gasteiger partial charge is 0.490 e. The third kappa shape index (κ3) is 4.83. The van der Waals surface area contributed by atoms with E-state index in [1.165, 1.54) is 23.1 Å². The number of carbonyl (C=O) groups excluding carboxylic acids is 1. The van der Waals surface area contributed by atoms with Gasteiger partial charge in [-0.1, -0.05) is 6.07 Å². The maximum absolute atomic E-state index is 12.9. The number of amides is 1. The fraction of sp³-hybridized carbons (Fsp3) is 0.227. The highest BCUT2D eigenvalue weighted by molar-refractivity contribution is 7.92. The number of hydrogen-bond donors (Lipinski definition) is 1. The number of anilines is 1. The quantitative estimate of drug-likeness (QED) is 0.627. The number of nitrogens with one attached hydrogen (secondary N) is 1. The third-order valence-electron chi connectivity index (χ3n) is 4.71. The maximum Gasteiger partial charge on any atom is 0.262 e. The molecule has 9 heteroatoms. The summed E-state index contributed by atoms with van der Waals surface area (Å²) in [5.74, 6) is 1.31. The normalized spacial score (nSPS) is 13.3. The highest BCUT2D eigenvalue weighted by atomic mass is 32.2. The Hall–Kier alpha value is -3.46. The van der Waals surface area contributed by atoms with Crippen molar-refractivity contribution >= 4 is 21.6 Å². The average Bonchev–Trinajstić information content (AvgIpc) is 3.15. The topological polar surface area (TPSA) is 98.1 Å². The number of nitrogens with zero attached hydrogens (tertiary/aromatic N) is 1. The fourth-order valence-electron chi connectivity index (χ4n) is 3.17. The van der Waals surface area contributed by atoms with Gasteiger partial charge in [0.05, 0.1) is 30.9 Å². The Morgan fingerprint density at radius 3 is 2.61 bits per heavy atom. The van der Waals surface area contributed by atoms with E-state index in [2.05, 4.69) is 4.72 Å². The van der Waals surface area contributed by atoms with Crippen LogP contribution in [-0.2, 0) is 16.6 Å². The highest BCUT2D eigenvalue weighted by Crippen LogP contribution is 2.32. The average molecular weight is 442 g/mol. The van der Waals surface area contributed by atoms with Gasteiger partial charge in [0.15, 0.2) is 11.5 Å². The van der Waals surface area contributed by atoms with E-state index in [1.807, 2.05) is 0 Å². The molecule has 0 saturated heterocycles. The summed E-state index contributed by atoms with van der Waals surface area (Å²) in [5, 5.41) is 0. The molecule has 1 aromatic heterocycles. The zero-order valence-corrected chi connectivity index (χ0v) is 17.7. The Balaban J connectivity index is 1.51. The summed E-state index contributed by atoms with van der Waals surface area (Å²) < 4.78 is 44.7. The van der Waals surface area contributed by atoms with Gasteiger partial charge in [0.25, 0.3) is 15.9 Å². The van der Waals surface area contributed by atoms with Gasteiger partial charge < -0.3 is 18.8 Å². The lowest BCUT2D eigenvalue weighted by Gasteiger charge is -2.16. The molecule has 0 aliphatic carbocycles. The van der Waals surface area contributed by atoms with Gasteiger partial charge in [0.1, 0.15) is 5.76 Å². The van der Waals surface area contributed by atoms with Crippen LogP contribution in [0.1, 0.15) is 22.5 Å². The van der Waals surface area contributed by atoms with Crippen molar-refractivity contribution in [2.45, 2.75) is 17.9 Å². The summed E-state index contributed by atoms with van der Waals surface area (Å²) in [6.45, 7) is 1.28. The summed E-state index contributed by atoms with van der Waals surface area (Å²) in [4.78, 5) is 14.3. The minimum absolute atomic E-state index is 0.0448. The van der Waals surface area contributed by atoms with E-state index in [1.54, 1.807) is 49.7 Å².